The second-order valence-electron chi connectivity index (χ2n) is 3.59. The van der Waals surface area contributed by atoms with Crippen molar-refractivity contribution in [3.63, 3.8) is 0 Å². The van der Waals surface area contributed by atoms with Crippen molar-refractivity contribution in [1.82, 2.24) is 15.0 Å². The second-order valence-corrected chi connectivity index (χ2v) is 5.08. The number of nitrogens with one attached hydrogen (secondary N) is 1. The molecule has 0 radical (unpaired) electrons. The van der Waals surface area contributed by atoms with E-state index in [0.717, 1.165) is 21.5 Å². The van der Waals surface area contributed by atoms with E-state index >= 15 is 0 Å². The lowest BCUT2D eigenvalue weighted by Crippen LogP contribution is -2.05. The lowest BCUT2D eigenvalue weighted by molar-refractivity contribution is 0.983. The molecule has 0 atom stereocenters. The molecule has 0 saturated carbocycles. The fraction of sp³-hybridized carbons (Fsp3) is 0.250. The lowest BCUT2D eigenvalue weighted by Gasteiger charge is -2.10. The molecule has 2 heterocycles. The van der Waals surface area contributed by atoms with Crippen molar-refractivity contribution in [1.29, 1.82) is 0 Å². The van der Waals surface area contributed by atoms with E-state index in [1.54, 1.807) is 18.3 Å². The number of hydrogen-bond donors (Lipinski definition) is 1. The van der Waals surface area contributed by atoms with Gasteiger partial charge in [-0.1, -0.05) is 18.5 Å². The maximum atomic E-state index is 6.12. The summed E-state index contributed by atoms with van der Waals surface area (Å²) >= 11 is 8.37. The molecule has 1 N–H and O–H groups in total. The highest BCUT2D eigenvalue weighted by Crippen LogP contribution is 2.26. The SMILES string of the molecule is CCc1nc(-c2ncccc2Cl)nc(NC)c1I. The van der Waals surface area contributed by atoms with Gasteiger partial charge in [0.15, 0.2) is 5.82 Å². The summed E-state index contributed by atoms with van der Waals surface area (Å²) in [6.07, 6.45) is 2.53. The van der Waals surface area contributed by atoms with E-state index in [2.05, 4.69) is 49.8 Å². The minimum atomic E-state index is 0.558. The van der Waals surface area contributed by atoms with Crippen molar-refractivity contribution in [2.75, 3.05) is 12.4 Å². The Kier molecular flexibility index (Phi) is 4.34. The molecule has 0 fully saturated rings. The third-order valence-electron chi connectivity index (χ3n) is 2.46. The van der Waals surface area contributed by atoms with Crippen LogP contribution < -0.4 is 5.32 Å². The van der Waals surface area contributed by atoms with E-state index in [9.17, 15) is 0 Å². The molecule has 0 bridgehead atoms. The molecule has 0 saturated heterocycles. The highest BCUT2D eigenvalue weighted by molar-refractivity contribution is 14.1. The predicted octanol–water partition coefficient (Wildman–Crippen LogP) is 3.40. The molecule has 2 aromatic rings. The number of hydrogen-bond acceptors (Lipinski definition) is 4. The van der Waals surface area contributed by atoms with Crippen LogP contribution in [0.3, 0.4) is 0 Å². The fourth-order valence-corrected chi connectivity index (χ4v) is 2.65. The van der Waals surface area contributed by atoms with Gasteiger partial charge in [0, 0.05) is 13.2 Å². The van der Waals surface area contributed by atoms with Gasteiger partial charge in [0.05, 0.1) is 14.3 Å². The van der Waals surface area contributed by atoms with Gasteiger partial charge in [-0.3, -0.25) is 4.98 Å². The second kappa shape index (κ2) is 5.79. The molecule has 0 amide bonds. The fourth-order valence-electron chi connectivity index (χ4n) is 1.55. The van der Waals surface area contributed by atoms with Crippen LogP contribution in [0.2, 0.25) is 5.02 Å². The van der Waals surface area contributed by atoms with Crippen LogP contribution in [0.4, 0.5) is 5.82 Å². The van der Waals surface area contributed by atoms with Crippen molar-refractivity contribution in [2.45, 2.75) is 13.3 Å². The van der Waals surface area contributed by atoms with Gasteiger partial charge in [-0.2, -0.15) is 0 Å². The van der Waals surface area contributed by atoms with E-state index in [0.29, 0.717) is 16.5 Å². The summed E-state index contributed by atoms with van der Waals surface area (Å²) in [5.74, 6) is 1.36. The Balaban J connectivity index is 2.62. The molecule has 6 heteroatoms. The van der Waals surface area contributed by atoms with Gasteiger partial charge in [-0.15, -0.1) is 0 Å². The number of nitrogens with zero attached hydrogens (tertiary/aromatic N) is 3. The molecule has 18 heavy (non-hydrogen) atoms. The van der Waals surface area contributed by atoms with Crippen LogP contribution in [0.15, 0.2) is 18.3 Å². The summed E-state index contributed by atoms with van der Waals surface area (Å²) < 4.78 is 1.04. The molecular formula is C12H12ClIN4. The normalized spacial score (nSPS) is 10.4. The largest absolute Gasteiger partial charge is 0.372 e. The zero-order chi connectivity index (χ0) is 13.1. The van der Waals surface area contributed by atoms with Crippen LogP contribution in [-0.4, -0.2) is 22.0 Å². The zero-order valence-electron chi connectivity index (χ0n) is 10.0. The summed E-state index contributed by atoms with van der Waals surface area (Å²) in [6, 6.07) is 3.58. The number of aryl methyl sites for hydroxylation is 1. The van der Waals surface area contributed by atoms with E-state index < -0.39 is 0 Å². The summed E-state index contributed by atoms with van der Waals surface area (Å²) in [5.41, 5.74) is 1.61. The number of aromatic nitrogens is 3. The molecule has 0 aliphatic heterocycles. The van der Waals surface area contributed by atoms with Gasteiger partial charge in [-0.25, -0.2) is 9.97 Å². The Morgan fingerprint density at radius 2 is 2.17 bits per heavy atom. The van der Waals surface area contributed by atoms with Gasteiger partial charge in [0.2, 0.25) is 0 Å². The Morgan fingerprint density at radius 1 is 1.39 bits per heavy atom. The van der Waals surface area contributed by atoms with Crippen LogP contribution in [0.5, 0.6) is 0 Å². The van der Waals surface area contributed by atoms with Gasteiger partial charge >= 0.3 is 0 Å². The first-order chi connectivity index (χ1) is 8.67. The van der Waals surface area contributed by atoms with Crippen molar-refractivity contribution in [2.24, 2.45) is 0 Å². The molecule has 0 aliphatic carbocycles. The summed E-state index contributed by atoms with van der Waals surface area (Å²) in [6.45, 7) is 2.06. The Hall–Kier alpha value is -0.950. The van der Waals surface area contributed by atoms with Crippen LogP contribution in [0, 0.1) is 3.57 Å². The highest BCUT2D eigenvalue weighted by atomic mass is 127. The first kappa shape index (κ1) is 13.5. The van der Waals surface area contributed by atoms with Crippen molar-refractivity contribution >= 4 is 40.0 Å². The molecule has 94 valence electrons. The third kappa shape index (κ3) is 2.56. The van der Waals surface area contributed by atoms with Gasteiger partial charge in [0.25, 0.3) is 0 Å². The smallest absolute Gasteiger partial charge is 0.182 e. The monoisotopic (exact) mass is 374 g/mol. The number of pyridine rings is 1. The maximum Gasteiger partial charge on any atom is 0.182 e. The lowest BCUT2D eigenvalue weighted by atomic mass is 10.3. The van der Waals surface area contributed by atoms with E-state index in [4.69, 9.17) is 11.6 Å². The van der Waals surface area contributed by atoms with Crippen LogP contribution in [0.1, 0.15) is 12.6 Å². The number of rotatable bonds is 3. The van der Waals surface area contributed by atoms with Gasteiger partial charge < -0.3 is 5.32 Å². The number of anilines is 1. The van der Waals surface area contributed by atoms with E-state index in [1.807, 2.05) is 7.05 Å². The minimum Gasteiger partial charge on any atom is -0.372 e. The Bertz CT molecular complexity index is 549. The average molecular weight is 375 g/mol. The zero-order valence-corrected chi connectivity index (χ0v) is 13.0. The van der Waals surface area contributed by atoms with Crippen molar-refractivity contribution in [3.8, 4) is 11.5 Å². The first-order valence-electron chi connectivity index (χ1n) is 5.52. The van der Waals surface area contributed by atoms with E-state index in [-0.39, 0.29) is 0 Å². The Labute approximate surface area is 124 Å². The van der Waals surface area contributed by atoms with Crippen LogP contribution in [0.25, 0.3) is 11.5 Å². The summed E-state index contributed by atoms with van der Waals surface area (Å²) in [5, 5.41) is 3.63. The topological polar surface area (TPSA) is 50.7 Å². The Morgan fingerprint density at radius 3 is 2.78 bits per heavy atom. The number of halogens is 2. The van der Waals surface area contributed by atoms with Crippen molar-refractivity contribution in [3.05, 3.63) is 32.6 Å². The van der Waals surface area contributed by atoms with Crippen LogP contribution in [-0.2, 0) is 6.42 Å². The minimum absolute atomic E-state index is 0.558. The predicted molar refractivity (Wildman–Crippen MR) is 81.9 cm³/mol. The average Bonchev–Trinajstić information content (AvgIpc) is 2.40. The van der Waals surface area contributed by atoms with Crippen molar-refractivity contribution < 1.29 is 0 Å². The molecule has 0 unspecified atom stereocenters. The van der Waals surface area contributed by atoms with Gasteiger partial charge in [0.1, 0.15) is 11.5 Å². The molecule has 2 rings (SSSR count). The van der Waals surface area contributed by atoms with Gasteiger partial charge in [-0.05, 0) is 41.1 Å². The standard InChI is InChI=1S/C12H12ClIN4/c1-3-8-9(14)11(15-2)18-12(17-8)10-7(13)5-4-6-16-10/h4-6H,3H2,1-2H3,(H,15,17,18). The highest BCUT2D eigenvalue weighted by Gasteiger charge is 2.14. The summed E-state index contributed by atoms with van der Waals surface area (Å²) in [4.78, 5) is 13.2. The first-order valence-corrected chi connectivity index (χ1v) is 6.98. The third-order valence-corrected chi connectivity index (χ3v) is 3.90. The molecule has 2 aromatic heterocycles. The molecular weight excluding hydrogens is 363 g/mol. The van der Waals surface area contributed by atoms with E-state index in [1.165, 1.54) is 0 Å². The van der Waals surface area contributed by atoms with Crippen LogP contribution >= 0.6 is 34.2 Å². The molecule has 0 aromatic carbocycles. The molecule has 4 nitrogen and oxygen atoms in total. The quantitative estimate of drug-likeness (QED) is 0.837. The summed E-state index contributed by atoms with van der Waals surface area (Å²) in [7, 11) is 1.84. The maximum absolute atomic E-state index is 6.12. The molecule has 0 aliphatic rings. The molecule has 0 spiro atoms.